The summed E-state index contributed by atoms with van der Waals surface area (Å²) in [6, 6.07) is 9.87. The molecule has 3 aromatic rings. The van der Waals surface area contributed by atoms with Gasteiger partial charge >= 0.3 is 5.97 Å². The van der Waals surface area contributed by atoms with Crippen molar-refractivity contribution in [1.82, 2.24) is 14.5 Å². The predicted molar refractivity (Wildman–Crippen MR) is 88.7 cm³/mol. The Morgan fingerprint density at radius 3 is 2.70 bits per heavy atom. The van der Waals surface area contributed by atoms with Gasteiger partial charge in [-0.3, -0.25) is 14.3 Å². The van der Waals surface area contributed by atoms with Crippen molar-refractivity contribution in [1.29, 1.82) is 0 Å². The van der Waals surface area contributed by atoms with Crippen LogP contribution in [0.4, 0.5) is 0 Å². The molecule has 0 radical (unpaired) electrons. The second kappa shape index (κ2) is 6.20. The summed E-state index contributed by atoms with van der Waals surface area (Å²) in [5, 5.41) is 0. The number of esters is 1. The lowest BCUT2D eigenvalue weighted by atomic mass is 10.0. The van der Waals surface area contributed by atoms with Crippen LogP contribution in [0.2, 0.25) is 0 Å². The SMILES string of the molecule is CCOC(=O)C(C)c1ccc(-n2c(C)nc3cnccc32)cc1. The Morgan fingerprint density at radius 1 is 1.26 bits per heavy atom. The first-order valence-electron chi connectivity index (χ1n) is 7.68. The van der Waals surface area contributed by atoms with Crippen LogP contribution in [0.15, 0.2) is 42.7 Å². The van der Waals surface area contributed by atoms with E-state index < -0.39 is 0 Å². The fourth-order valence-corrected chi connectivity index (χ4v) is 2.69. The van der Waals surface area contributed by atoms with Crippen molar-refractivity contribution in [2.45, 2.75) is 26.7 Å². The molecule has 0 bridgehead atoms. The van der Waals surface area contributed by atoms with E-state index in [-0.39, 0.29) is 11.9 Å². The Bertz CT molecular complexity index is 837. The molecule has 2 aromatic heterocycles. The molecule has 3 rings (SSSR count). The topological polar surface area (TPSA) is 57.0 Å². The summed E-state index contributed by atoms with van der Waals surface area (Å²) >= 11 is 0. The Kier molecular flexibility index (Phi) is 4.10. The number of hydrogen-bond acceptors (Lipinski definition) is 4. The number of benzene rings is 1. The van der Waals surface area contributed by atoms with Crippen LogP contribution in [-0.4, -0.2) is 27.1 Å². The maximum absolute atomic E-state index is 11.8. The first-order valence-corrected chi connectivity index (χ1v) is 7.68. The van der Waals surface area contributed by atoms with Crippen molar-refractivity contribution < 1.29 is 9.53 Å². The maximum Gasteiger partial charge on any atom is 0.313 e. The van der Waals surface area contributed by atoms with Crippen molar-refractivity contribution in [3.8, 4) is 5.69 Å². The number of nitrogens with zero attached hydrogens (tertiary/aromatic N) is 3. The molecule has 5 nitrogen and oxygen atoms in total. The summed E-state index contributed by atoms with van der Waals surface area (Å²) in [5.41, 5.74) is 3.84. The van der Waals surface area contributed by atoms with Crippen LogP contribution in [0.1, 0.15) is 31.2 Å². The lowest BCUT2D eigenvalue weighted by Crippen LogP contribution is -2.13. The molecule has 0 spiro atoms. The standard InChI is InChI=1S/C18H19N3O2/c1-4-23-18(22)12(2)14-5-7-15(8-6-14)21-13(3)20-16-11-19-10-9-17(16)21/h5-12H,4H2,1-3H3. The number of carbonyl (C=O) groups is 1. The van der Waals surface area contributed by atoms with E-state index in [9.17, 15) is 4.79 Å². The van der Waals surface area contributed by atoms with Gasteiger partial charge in [0.2, 0.25) is 0 Å². The number of carbonyl (C=O) groups excluding carboxylic acids is 1. The maximum atomic E-state index is 11.8. The molecule has 0 aliphatic carbocycles. The van der Waals surface area contributed by atoms with Crippen LogP contribution in [0, 0.1) is 6.92 Å². The van der Waals surface area contributed by atoms with Gasteiger partial charge in [-0.1, -0.05) is 12.1 Å². The van der Waals surface area contributed by atoms with Gasteiger partial charge in [0.05, 0.1) is 24.2 Å². The van der Waals surface area contributed by atoms with E-state index in [0.29, 0.717) is 6.61 Å². The Balaban J connectivity index is 1.96. The van der Waals surface area contributed by atoms with Gasteiger partial charge in [-0.25, -0.2) is 4.98 Å². The van der Waals surface area contributed by atoms with Gasteiger partial charge in [0.1, 0.15) is 11.3 Å². The number of aromatic nitrogens is 3. The van der Waals surface area contributed by atoms with Crippen LogP contribution >= 0.6 is 0 Å². The number of hydrogen-bond donors (Lipinski definition) is 0. The van der Waals surface area contributed by atoms with Crippen LogP contribution in [0.25, 0.3) is 16.7 Å². The highest BCUT2D eigenvalue weighted by molar-refractivity contribution is 5.78. The van der Waals surface area contributed by atoms with Gasteiger partial charge in [0.25, 0.3) is 0 Å². The summed E-state index contributed by atoms with van der Waals surface area (Å²) in [5.74, 6) is 0.434. The van der Waals surface area contributed by atoms with Crippen molar-refractivity contribution in [2.75, 3.05) is 6.61 Å². The van der Waals surface area contributed by atoms with E-state index in [1.165, 1.54) is 0 Å². The number of ether oxygens (including phenoxy) is 1. The number of rotatable bonds is 4. The Labute approximate surface area is 134 Å². The van der Waals surface area contributed by atoms with Gasteiger partial charge < -0.3 is 4.74 Å². The molecule has 0 saturated heterocycles. The zero-order valence-electron chi connectivity index (χ0n) is 13.5. The zero-order valence-corrected chi connectivity index (χ0v) is 13.5. The quantitative estimate of drug-likeness (QED) is 0.693. The number of aryl methyl sites for hydroxylation is 1. The van der Waals surface area contributed by atoms with E-state index in [4.69, 9.17) is 4.74 Å². The third kappa shape index (κ3) is 2.82. The molecule has 118 valence electrons. The molecule has 1 aromatic carbocycles. The largest absolute Gasteiger partial charge is 0.466 e. The molecule has 0 aliphatic heterocycles. The average molecular weight is 309 g/mol. The molecule has 1 unspecified atom stereocenters. The smallest absolute Gasteiger partial charge is 0.313 e. The monoisotopic (exact) mass is 309 g/mol. The summed E-state index contributed by atoms with van der Waals surface area (Å²) in [4.78, 5) is 20.5. The Morgan fingerprint density at radius 2 is 2.00 bits per heavy atom. The number of imidazole rings is 1. The second-order valence-corrected chi connectivity index (χ2v) is 5.42. The van der Waals surface area contributed by atoms with E-state index in [1.54, 1.807) is 12.4 Å². The highest BCUT2D eigenvalue weighted by atomic mass is 16.5. The van der Waals surface area contributed by atoms with Crippen LogP contribution in [0.5, 0.6) is 0 Å². The van der Waals surface area contributed by atoms with Crippen molar-refractivity contribution in [3.63, 3.8) is 0 Å². The van der Waals surface area contributed by atoms with Gasteiger partial charge in [0.15, 0.2) is 0 Å². The fourth-order valence-electron chi connectivity index (χ4n) is 2.69. The molecular weight excluding hydrogens is 290 g/mol. The fraction of sp³-hybridized carbons (Fsp3) is 0.278. The summed E-state index contributed by atoms with van der Waals surface area (Å²) in [7, 11) is 0. The highest BCUT2D eigenvalue weighted by Gasteiger charge is 2.16. The molecular formula is C18H19N3O2. The lowest BCUT2D eigenvalue weighted by Gasteiger charge is -2.12. The minimum Gasteiger partial charge on any atom is -0.466 e. The predicted octanol–water partition coefficient (Wildman–Crippen LogP) is 3.40. The van der Waals surface area contributed by atoms with E-state index >= 15 is 0 Å². The first-order chi connectivity index (χ1) is 11.1. The molecule has 0 fully saturated rings. The average Bonchev–Trinajstić information content (AvgIpc) is 2.90. The van der Waals surface area contributed by atoms with Crippen molar-refractivity contribution in [3.05, 3.63) is 54.1 Å². The summed E-state index contributed by atoms with van der Waals surface area (Å²) in [6.45, 7) is 6.04. The third-order valence-corrected chi connectivity index (χ3v) is 3.92. The number of pyridine rings is 1. The van der Waals surface area contributed by atoms with E-state index in [0.717, 1.165) is 28.1 Å². The van der Waals surface area contributed by atoms with Crippen LogP contribution < -0.4 is 0 Å². The minimum atomic E-state index is -0.270. The van der Waals surface area contributed by atoms with E-state index in [2.05, 4.69) is 14.5 Å². The Hall–Kier alpha value is -2.69. The normalized spacial score (nSPS) is 12.3. The molecule has 1 atom stereocenters. The lowest BCUT2D eigenvalue weighted by molar-refractivity contribution is -0.144. The van der Waals surface area contributed by atoms with Gasteiger partial charge in [-0.15, -0.1) is 0 Å². The molecule has 0 aliphatic rings. The molecule has 0 saturated carbocycles. The first kappa shape index (κ1) is 15.2. The third-order valence-electron chi connectivity index (χ3n) is 3.92. The zero-order chi connectivity index (χ0) is 16.4. The molecule has 5 heteroatoms. The van der Waals surface area contributed by atoms with Crippen LogP contribution in [-0.2, 0) is 9.53 Å². The van der Waals surface area contributed by atoms with Gasteiger partial charge in [-0.2, -0.15) is 0 Å². The summed E-state index contributed by atoms with van der Waals surface area (Å²) in [6.07, 6.45) is 3.52. The number of fused-ring (bicyclic) bond motifs is 1. The van der Waals surface area contributed by atoms with Crippen LogP contribution in [0.3, 0.4) is 0 Å². The van der Waals surface area contributed by atoms with Gasteiger partial charge in [-0.05, 0) is 44.5 Å². The van der Waals surface area contributed by atoms with Crippen molar-refractivity contribution >= 4 is 17.0 Å². The molecule has 0 amide bonds. The van der Waals surface area contributed by atoms with Crippen molar-refractivity contribution in [2.24, 2.45) is 0 Å². The molecule has 0 N–H and O–H groups in total. The van der Waals surface area contributed by atoms with Gasteiger partial charge in [0, 0.05) is 11.9 Å². The minimum absolute atomic E-state index is 0.199. The summed E-state index contributed by atoms with van der Waals surface area (Å²) < 4.78 is 7.16. The molecule has 23 heavy (non-hydrogen) atoms. The molecule has 2 heterocycles. The second-order valence-electron chi connectivity index (χ2n) is 5.42. The highest BCUT2D eigenvalue weighted by Crippen LogP contribution is 2.23. The van der Waals surface area contributed by atoms with E-state index in [1.807, 2.05) is 51.1 Å².